The molecule has 1 aromatic rings. The summed E-state index contributed by atoms with van der Waals surface area (Å²) in [6, 6.07) is 3.78. The number of carbonyl (C=O) groups is 3. The standard InChI is InChI=1S/C13H11FO4/c1-2-18-13(17)12(16)10-5-7-3-4-8(14)6-9(7)11(10)15/h3-4,6,10H,2,5H2,1H3. The summed E-state index contributed by atoms with van der Waals surface area (Å²) in [5, 5.41) is 0. The molecule has 1 unspecified atom stereocenters. The quantitative estimate of drug-likeness (QED) is 0.461. The van der Waals surface area contributed by atoms with Gasteiger partial charge in [0.05, 0.1) is 12.5 Å². The van der Waals surface area contributed by atoms with E-state index in [1.54, 1.807) is 6.92 Å². The summed E-state index contributed by atoms with van der Waals surface area (Å²) in [5.74, 6) is -3.99. The average molecular weight is 250 g/mol. The number of ether oxygens (including phenoxy) is 1. The predicted molar refractivity (Wildman–Crippen MR) is 59.6 cm³/mol. The Bertz CT molecular complexity index is 536. The molecule has 94 valence electrons. The molecular formula is C13H11FO4. The number of ketones is 2. The first-order valence-corrected chi connectivity index (χ1v) is 5.58. The Morgan fingerprint density at radius 3 is 2.83 bits per heavy atom. The number of rotatable bonds is 3. The Kier molecular flexibility index (Phi) is 3.23. The number of Topliss-reactive ketones (excluding diaryl/α,β-unsaturated/α-hetero) is 2. The Morgan fingerprint density at radius 2 is 2.17 bits per heavy atom. The van der Waals surface area contributed by atoms with E-state index < -0.39 is 29.3 Å². The molecule has 0 bridgehead atoms. The number of halogens is 1. The van der Waals surface area contributed by atoms with Gasteiger partial charge in [0.25, 0.3) is 5.78 Å². The van der Waals surface area contributed by atoms with Crippen LogP contribution in [0.1, 0.15) is 22.8 Å². The van der Waals surface area contributed by atoms with Crippen LogP contribution in [-0.2, 0) is 20.7 Å². The second kappa shape index (κ2) is 4.68. The summed E-state index contributed by atoms with van der Waals surface area (Å²) < 4.78 is 17.6. The van der Waals surface area contributed by atoms with Gasteiger partial charge in [-0.05, 0) is 31.0 Å². The van der Waals surface area contributed by atoms with Crippen molar-refractivity contribution >= 4 is 17.5 Å². The molecule has 0 heterocycles. The van der Waals surface area contributed by atoms with Crippen molar-refractivity contribution < 1.29 is 23.5 Å². The first kappa shape index (κ1) is 12.4. The minimum Gasteiger partial charge on any atom is -0.460 e. The van der Waals surface area contributed by atoms with Gasteiger partial charge < -0.3 is 4.74 Å². The monoisotopic (exact) mass is 250 g/mol. The largest absolute Gasteiger partial charge is 0.460 e. The molecular weight excluding hydrogens is 239 g/mol. The molecule has 1 aromatic carbocycles. The van der Waals surface area contributed by atoms with Crippen LogP contribution >= 0.6 is 0 Å². The Balaban J connectivity index is 2.24. The van der Waals surface area contributed by atoms with Crippen LogP contribution in [0.3, 0.4) is 0 Å². The molecule has 18 heavy (non-hydrogen) atoms. The topological polar surface area (TPSA) is 60.4 Å². The summed E-state index contributed by atoms with van der Waals surface area (Å²) in [6.45, 7) is 1.65. The van der Waals surface area contributed by atoms with E-state index in [1.165, 1.54) is 12.1 Å². The molecule has 0 aromatic heterocycles. The number of benzene rings is 1. The highest BCUT2D eigenvalue weighted by molar-refractivity contribution is 6.40. The van der Waals surface area contributed by atoms with E-state index in [9.17, 15) is 18.8 Å². The summed E-state index contributed by atoms with van der Waals surface area (Å²) in [6.07, 6.45) is 0.131. The van der Waals surface area contributed by atoms with E-state index >= 15 is 0 Å². The number of carbonyl (C=O) groups excluding carboxylic acids is 3. The lowest BCUT2D eigenvalue weighted by Gasteiger charge is -2.05. The van der Waals surface area contributed by atoms with Gasteiger partial charge in [-0.1, -0.05) is 6.07 Å². The highest BCUT2D eigenvalue weighted by Crippen LogP contribution is 2.28. The van der Waals surface area contributed by atoms with Crippen molar-refractivity contribution in [1.29, 1.82) is 0 Å². The maximum atomic E-state index is 13.0. The Labute approximate surface area is 103 Å². The van der Waals surface area contributed by atoms with Crippen molar-refractivity contribution in [3.63, 3.8) is 0 Å². The van der Waals surface area contributed by atoms with Gasteiger partial charge in [0.15, 0.2) is 5.78 Å². The lowest BCUT2D eigenvalue weighted by molar-refractivity contribution is -0.154. The van der Waals surface area contributed by atoms with E-state index in [0.29, 0.717) is 5.56 Å². The van der Waals surface area contributed by atoms with Crippen molar-refractivity contribution in [2.45, 2.75) is 13.3 Å². The van der Waals surface area contributed by atoms with Crippen LogP contribution < -0.4 is 0 Å². The molecule has 0 saturated carbocycles. The molecule has 0 amide bonds. The molecule has 4 nitrogen and oxygen atoms in total. The lowest BCUT2D eigenvalue weighted by atomic mass is 10.00. The molecule has 0 saturated heterocycles. The van der Waals surface area contributed by atoms with Crippen LogP contribution in [0.4, 0.5) is 4.39 Å². The summed E-state index contributed by atoms with van der Waals surface area (Å²) in [4.78, 5) is 34.9. The van der Waals surface area contributed by atoms with Gasteiger partial charge in [-0.3, -0.25) is 9.59 Å². The normalized spacial score (nSPS) is 17.4. The number of hydrogen-bond acceptors (Lipinski definition) is 4. The fourth-order valence-corrected chi connectivity index (χ4v) is 2.01. The molecule has 0 N–H and O–H groups in total. The van der Waals surface area contributed by atoms with Crippen molar-refractivity contribution in [3.05, 3.63) is 35.1 Å². The van der Waals surface area contributed by atoms with Gasteiger partial charge in [-0.15, -0.1) is 0 Å². The second-order valence-corrected chi connectivity index (χ2v) is 4.01. The maximum absolute atomic E-state index is 13.0. The van der Waals surface area contributed by atoms with Crippen LogP contribution in [-0.4, -0.2) is 24.1 Å². The fourth-order valence-electron chi connectivity index (χ4n) is 2.01. The molecule has 0 aliphatic heterocycles. The molecule has 5 heteroatoms. The zero-order chi connectivity index (χ0) is 13.3. The number of esters is 1. The highest BCUT2D eigenvalue weighted by atomic mass is 19.1. The zero-order valence-corrected chi connectivity index (χ0v) is 9.73. The fraction of sp³-hybridized carbons (Fsp3) is 0.308. The molecule has 1 atom stereocenters. The second-order valence-electron chi connectivity index (χ2n) is 4.01. The van der Waals surface area contributed by atoms with E-state index in [1.807, 2.05) is 0 Å². The van der Waals surface area contributed by atoms with Crippen molar-refractivity contribution in [3.8, 4) is 0 Å². The van der Waals surface area contributed by atoms with Gasteiger partial charge >= 0.3 is 5.97 Å². The molecule has 2 rings (SSSR count). The predicted octanol–water partition coefficient (Wildman–Crippen LogP) is 1.31. The molecule has 0 spiro atoms. The van der Waals surface area contributed by atoms with Crippen LogP contribution in [0.15, 0.2) is 18.2 Å². The maximum Gasteiger partial charge on any atom is 0.375 e. The van der Waals surface area contributed by atoms with Crippen LogP contribution in [0.5, 0.6) is 0 Å². The zero-order valence-electron chi connectivity index (χ0n) is 9.73. The van der Waals surface area contributed by atoms with E-state index in [-0.39, 0.29) is 18.6 Å². The summed E-state index contributed by atoms with van der Waals surface area (Å²) in [5.41, 5.74) is 0.765. The van der Waals surface area contributed by atoms with E-state index in [4.69, 9.17) is 0 Å². The van der Waals surface area contributed by atoms with Gasteiger partial charge in [0.1, 0.15) is 5.82 Å². The Hall–Kier alpha value is -2.04. The van der Waals surface area contributed by atoms with Crippen LogP contribution in [0.25, 0.3) is 0 Å². The van der Waals surface area contributed by atoms with Gasteiger partial charge in [-0.25, -0.2) is 9.18 Å². The summed E-state index contributed by atoms with van der Waals surface area (Å²) in [7, 11) is 0. The van der Waals surface area contributed by atoms with Crippen molar-refractivity contribution in [2.24, 2.45) is 5.92 Å². The number of fused-ring (bicyclic) bond motifs is 1. The molecule has 1 aliphatic carbocycles. The smallest absolute Gasteiger partial charge is 0.375 e. The van der Waals surface area contributed by atoms with E-state index in [2.05, 4.69) is 4.74 Å². The third kappa shape index (κ3) is 2.03. The first-order chi connectivity index (χ1) is 8.54. The average Bonchev–Trinajstić information content (AvgIpc) is 2.66. The molecule has 1 aliphatic rings. The Morgan fingerprint density at radius 1 is 1.44 bits per heavy atom. The van der Waals surface area contributed by atoms with Crippen molar-refractivity contribution in [1.82, 2.24) is 0 Å². The van der Waals surface area contributed by atoms with Gasteiger partial charge in [0.2, 0.25) is 0 Å². The van der Waals surface area contributed by atoms with Crippen LogP contribution in [0, 0.1) is 11.7 Å². The third-order valence-corrected chi connectivity index (χ3v) is 2.87. The minimum absolute atomic E-state index is 0.0764. The first-order valence-electron chi connectivity index (χ1n) is 5.58. The highest BCUT2D eigenvalue weighted by Gasteiger charge is 2.39. The third-order valence-electron chi connectivity index (χ3n) is 2.87. The molecule has 0 fully saturated rings. The molecule has 0 radical (unpaired) electrons. The lowest BCUT2D eigenvalue weighted by Crippen LogP contribution is -2.29. The van der Waals surface area contributed by atoms with Crippen LogP contribution in [0.2, 0.25) is 0 Å². The SMILES string of the molecule is CCOC(=O)C(=O)C1Cc2ccc(F)cc2C1=O. The number of hydrogen-bond donors (Lipinski definition) is 0. The minimum atomic E-state index is -1.07. The summed E-state index contributed by atoms with van der Waals surface area (Å²) >= 11 is 0. The van der Waals surface area contributed by atoms with E-state index in [0.717, 1.165) is 6.07 Å². The van der Waals surface area contributed by atoms with Crippen molar-refractivity contribution in [2.75, 3.05) is 6.61 Å². The van der Waals surface area contributed by atoms with Gasteiger partial charge in [0, 0.05) is 5.56 Å². The van der Waals surface area contributed by atoms with Gasteiger partial charge in [-0.2, -0.15) is 0 Å².